The van der Waals surface area contributed by atoms with Crippen LogP contribution >= 0.6 is 0 Å². The van der Waals surface area contributed by atoms with Crippen molar-refractivity contribution in [2.24, 2.45) is 5.73 Å². The normalized spacial score (nSPS) is 26.3. The van der Waals surface area contributed by atoms with E-state index in [1.54, 1.807) is 4.90 Å². The molecule has 26 heavy (non-hydrogen) atoms. The number of amides is 3. The van der Waals surface area contributed by atoms with Crippen LogP contribution in [0.25, 0.3) is 0 Å². The van der Waals surface area contributed by atoms with Crippen molar-refractivity contribution >= 4 is 17.7 Å². The lowest BCUT2D eigenvalue weighted by atomic mass is 10.0. The van der Waals surface area contributed by atoms with Gasteiger partial charge in [0.25, 0.3) is 5.91 Å². The smallest absolute Gasteiger partial charge is 0.255 e. The molecule has 2 fully saturated rings. The Morgan fingerprint density at radius 1 is 1.19 bits per heavy atom. The number of hydrogen-bond donors (Lipinski definition) is 2. The van der Waals surface area contributed by atoms with Crippen molar-refractivity contribution in [2.75, 3.05) is 13.1 Å². The van der Waals surface area contributed by atoms with Crippen LogP contribution in [0.5, 0.6) is 0 Å². The van der Waals surface area contributed by atoms with Gasteiger partial charge in [0.15, 0.2) is 0 Å². The average Bonchev–Trinajstić information content (AvgIpc) is 3.19. The predicted molar refractivity (Wildman–Crippen MR) is 95.0 cm³/mol. The number of likely N-dealkylation sites (tertiary alicyclic amines) is 1. The molecule has 1 unspecified atom stereocenters. The van der Waals surface area contributed by atoms with Gasteiger partial charge in [-0.3, -0.25) is 24.6 Å². The van der Waals surface area contributed by atoms with E-state index in [0.717, 1.165) is 25.1 Å². The van der Waals surface area contributed by atoms with Crippen LogP contribution in [0.2, 0.25) is 0 Å². The summed E-state index contributed by atoms with van der Waals surface area (Å²) in [5, 5.41) is 2.33. The maximum absolute atomic E-state index is 12.7. The van der Waals surface area contributed by atoms with Crippen molar-refractivity contribution in [1.82, 2.24) is 15.1 Å². The van der Waals surface area contributed by atoms with Gasteiger partial charge >= 0.3 is 0 Å². The molecule has 3 N–H and O–H groups in total. The minimum absolute atomic E-state index is 0.123. The molecule has 2 atom stereocenters. The monoisotopic (exact) mass is 356 g/mol. The number of fused-ring (bicyclic) bond motifs is 1. The van der Waals surface area contributed by atoms with Crippen LogP contribution in [-0.2, 0) is 22.7 Å². The van der Waals surface area contributed by atoms with Crippen molar-refractivity contribution in [3.8, 4) is 0 Å². The van der Waals surface area contributed by atoms with Crippen molar-refractivity contribution in [1.29, 1.82) is 0 Å². The summed E-state index contributed by atoms with van der Waals surface area (Å²) in [5.41, 5.74) is 8.64. The van der Waals surface area contributed by atoms with Gasteiger partial charge in [-0.05, 0) is 43.0 Å². The quantitative estimate of drug-likeness (QED) is 0.760. The highest BCUT2D eigenvalue weighted by atomic mass is 16.2. The molecule has 2 saturated heterocycles. The standard InChI is InChI=1S/C19H24N4O3/c20-9-14-2-1-7-22(14)10-12-3-4-15-13(8-12)11-23(19(15)26)16-5-6-17(24)21-18(16)25/h3-4,8,14,16H,1-2,5-7,9-11,20H2,(H,21,24,25)/t14-,16?/m0/s1. The minimum atomic E-state index is -0.559. The van der Waals surface area contributed by atoms with E-state index in [4.69, 9.17) is 5.73 Å². The number of nitrogens with two attached hydrogens (primary N) is 1. The fraction of sp³-hybridized carbons (Fsp3) is 0.526. The molecule has 7 nitrogen and oxygen atoms in total. The number of hydrogen-bond acceptors (Lipinski definition) is 5. The number of nitrogens with zero attached hydrogens (tertiary/aromatic N) is 2. The molecule has 3 aliphatic rings. The zero-order valence-electron chi connectivity index (χ0n) is 14.7. The van der Waals surface area contributed by atoms with E-state index >= 15 is 0 Å². The topological polar surface area (TPSA) is 95.7 Å². The largest absolute Gasteiger partial charge is 0.329 e. The van der Waals surface area contributed by atoms with Crippen LogP contribution < -0.4 is 11.1 Å². The van der Waals surface area contributed by atoms with Crippen molar-refractivity contribution in [2.45, 2.75) is 50.9 Å². The van der Waals surface area contributed by atoms with Gasteiger partial charge in [-0.25, -0.2) is 0 Å². The Labute approximate surface area is 152 Å². The third kappa shape index (κ3) is 3.01. The molecular weight excluding hydrogens is 332 g/mol. The second kappa shape index (κ2) is 6.81. The van der Waals surface area contributed by atoms with Gasteiger partial charge in [0.1, 0.15) is 6.04 Å². The second-order valence-electron chi connectivity index (χ2n) is 7.39. The fourth-order valence-corrected chi connectivity index (χ4v) is 4.33. The molecule has 0 radical (unpaired) electrons. The predicted octanol–water partition coefficient (Wildman–Crippen LogP) is 0.371. The first kappa shape index (κ1) is 17.2. The summed E-state index contributed by atoms with van der Waals surface area (Å²) in [6, 6.07) is 5.81. The van der Waals surface area contributed by atoms with E-state index in [1.165, 1.54) is 12.0 Å². The summed E-state index contributed by atoms with van der Waals surface area (Å²) in [6.07, 6.45) is 2.98. The number of piperidine rings is 1. The molecule has 3 heterocycles. The molecule has 4 rings (SSSR count). The van der Waals surface area contributed by atoms with Crippen molar-refractivity contribution in [3.05, 3.63) is 34.9 Å². The Bertz CT molecular complexity index is 763. The lowest BCUT2D eigenvalue weighted by Crippen LogP contribution is -2.52. The van der Waals surface area contributed by atoms with E-state index in [0.29, 0.717) is 31.1 Å². The van der Waals surface area contributed by atoms with Gasteiger partial charge in [-0.15, -0.1) is 0 Å². The molecule has 138 valence electrons. The highest BCUT2D eigenvalue weighted by molar-refractivity contribution is 6.05. The molecular formula is C19H24N4O3. The van der Waals surface area contributed by atoms with E-state index < -0.39 is 6.04 Å². The Balaban J connectivity index is 1.50. The highest BCUT2D eigenvalue weighted by Crippen LogP contribution is 2.29. The molecule has 1 aromatic rings. The first-order valence-electron chi connectivity index (χ1n) is 9.27. The van der Waals surface area contributed by atoms with Crippen molar-refractivity contribution in [3.63, 3.8) is 0 Å². The number of nitrogens with one attached hydrogen (secondary N) is 1. The van der Waals surface area contributed by atoms with Gasteiger partial charge in [0.05, 0.1) is 0 Å². The number of carbonyl (C=O) groups is 3. The lowest BCUT2D eigenvalue weighted by molar-refractivity contribution is -0.136. The zero-order chi connectivity index (χ0) is 18.3. The summed E-state index contributed by atoms with van der Waals surface area (Å²) in [5.74, 6) is -0.759. The minimum Gasteiger partial charge on any atom is -0.329 e. The van der Waals surface area contributed by atoms with Crippen LogP contribution in [0.15, 0.2) is 18.2 Å². The number of rotatable bonds is 4. The molecule has 1 aromatic carbocycles. The maximum atomic E-state index is 12.7. The fourth-order valence-electron chi connectivity index (χ4n) is 4.33. The molecule has 3 aliphatic heterocycles. The molecule has 3 amide bonds. The number of carbonyl (C=O) groups excluding carboxylic acids is 3. The Hall–Kier alpha value is -2.25. The first-order valence-corrected chi connectivity index (χ1v) is 9.27. The maximum Gasteiger partial charge on any atom is 0.255 e. The molecule has 0 bridgehead atoms. The van der Waals surface area contributed by atoms with Gasteiger partial charge in [-0.2, -0.15) is 0 Å². The van der Waals surface area contributed by atoms with E-state index in [2.05, 4.69) is 16.3 Å². The van der Waals surface area contributed by atoms with Crippen LogP contribution in [0.3, 0.4) is 0 Å². The summed E-state index contributed by atoms with van der Waals surface area (Å²) in [7, 11) is 0. The molecule has 7 heteroatoms. The number of benzene rings is 1. The van der Waals surface area contributed by atoms with Crippen LogP contribution in [0.1, 0.15) is 47.2 Å². The van der Waals surface area contributed by atoms with Crippen LogP contribution in [0, 0.1) is 0 Å². The SMILES string of the molecule is NC[C@@H]1CCCN1Cc1ccc2c(c1)CN(C1CCC(=O)NC1=O)C2=O. The van der Waals surface area contributed by atoms with E-state index in [-0.39, 0.29) is 24.1 Å². The number of imide groups is 1. The highest BCUT2D eigenvalue weighted by Gasteiger charge is 2.39. The summed E-state index contributed by atoms with van der Waals surface area (Å²) < 4.78 is 0. The molecule has 0 aromatic heterocycles. The van der Waals surface area contributed by atoms with Gasteiger partial charge in [-0.1, -0.05) is 12.1 Å². The molecule has 0 saturated carbocycles. The Morgan fingerprint density at radius 3 is 2.81 bits per heavy atom. The van der Waals surface area contributed by atoms with Crippen LogP contribution in [0.4, 0.5) is 0 Å². The first-order chi connectivity index (χ1) is 12.6. The van der Waals surface area contributed by atoms with Crippen LogP contribution in [-0.4, -0.2) is 52.7 Å². The van der Waals surface area contributed by atoms with Gasteiger partial charge < -0.3 is 10.6 Å². The van der Waals surface area contributed by atoms with Crippen molar-refractivity contribution < 1.29 is 14.4 Å². The average molecular weight is 356 g/mol. The van der Waals surface area contributed by atoms with Gasteiger partial charge in [0.2, 0.25) is 11.8 Å². The van der Waals surface area contributed by atoms with E-state index in [9.17, 15) is 14.4 Å². The van der Waals surface area contributed by atoms with E-state index in [1.807, 2.05) is 12.1 Å². The Kier molecular flexibility index (Phi) is 4.50. The lowest BCUT2D eigenvalue weighted by Gasteiger charge is -2.29. The third-order valence-corrected chi connectivity index (χ3v) is 5.74. The molecule has 0 aliphatic carbocycles. The summed E-state index contributed by atoms with van der Waals surface area (Å²) >= 11 is 0. The second-order valence-corrected chi connectivity index (χ2v) is 7.39. The summed E-state index contributed by atoms with van der Waals surface area (Å²) in [6.45, 7) is 2.99. The molecule has 0 spiro atoms. The Morgan fingerprint density at radius 2 is 2.04 bits per heavy atom. The zero-order valence-corrected chi connectivity index (χ0v) is 14.7. The third-order valence-electron chi connectivity index (χ3n) is 5.74. The summed E-state index contributed by atoms with van der Waals surface area (Å²) in [4.78, 5) is 40.2. The van der Waals surface area contributed by atoms with Gasteiger partial charge in [0, 0.05) is 37.7 Å².